The first kappa shape index (κ1) is 14.4. The fourth-order valence-corrected chi connectivity index (χ4v) is 2.91. The summed E-state index contributed by atoms with van der Waals surface area (Å²) in [4.78, 5) is 14.6. The molecule has 0 radical (unpaired) electrons. The van der Waals surface area contributed by atoms with E-state index in [-0.39, 0.29) is 5.91 Å². The monoisotopic (exact) mass is 289 g/mol. The smallest absolute Gasteiger partial charge is 0.254 e. The van der Waals surface area contributed by atoms with Crippen LogP contribution in [0.2, 0.25) is 0 Å². The molecule has 5 nitrogen and oxygen atoms in total. The fourth-order valence-electron chi connectivity index (χ4n) is 2.91. The molecule has 0 aliphatic carbocycles. The largest absolute Gasteiger partial charge is 0.372 e. The normalized spacial score (nSPS) is 22.3. The Balaban J connectivity index is 1.66. The first-order valence-corrected chi connectivity index (χ1v) is 7.73. The summed E-state index contributed by atoms with van der Waals surface area (Å²) < 4.78 is 5.47. The van der Waals surface area contributed by atoms with Crippen molar-refractivity contribution >= 4 is 17.3 Å². The van der Waals surface area contributed by atoms with Crippen molar-refractivity contribution in [2.45, 2.75) is 25.9 Å². The van der Waals surface area contributed by atoms with Crippen molar-refractivity contribution in [3.8, 4) is 0 Å². The van der Waals surface area contributed by atoms with Gasteiger partial charge in [0.05, 0.1) is 6.61 Å². The molecule has 0 bridgehead atoms. The van der Waals surface area contributed by atoms with Gasteiger partial charge in [-0.1, -0.05) is 0 Å². The Morgan fingerprint density at radius 1 is 1.38 bits per heavy atom. The van der Waals surface area contributed by atoms with Gasteiger partial charge < -0.3 is 20.3 Å². The first-order chi connectivity index (χ1) is 10.2. The molecule has 1 atom stereocenters. The molecular formula is C16H23N3O2. The Morgan fingerprint density at radius 3 is 2.86 bits per heavy atom. The molecule has 0 saturated carbocycles. The minimum atomic E-state index is -0.392. The maximum atomic E-state index is 12.2. The van der Waals surface area contributed by atoms with Gasteiger partial charge in [0.2, 0.25) is 0 Å². The van der Waals surface area contributed by atoms with Crippen LogP contribution < -0.4 is 15.5 Å². The highest BCUT2D eigenvalue weighted by Crippen LogP contribution is 2.25. The van der Waals surface area contributed by atoms with Crippen LogP contribution in [0.3, 0.4) is 0 Å². The SMILES string of the molecule is Cc1cc(N2CCCC2)ccc1NC(=O)C1CNCCO1. The zero-order valence-corrected chi connectivity index (χ0v) is 12.5. The Bertz CT molecular complexity index is 506. The molecule has 2 heterocycles. The lowest BCUT2D eigenvalue weighted by atomic mass is 10.1. The van der Waals surface area contributed by atoms with E-state index in [0.717, 1.165) is 30.9 Å². The zero-order chi connectivity index (χ0) is 14.7. The van der Waals surface area contributed by atoms with Crippen LogP contribution in [0.15, 0.2) is 18.2 Å². The maximum Gasteiger partial charge on any atom is 0.254 e. The summed E-state index contributed by atoms with van der Waals surface area (Å²) in [5, 5.41) is 6.15. The van der Waals surface area contributed by atoms with Crippen LogP contribution in [0.4, 0.5) is 11.4 Å². The van der Waals surface area contributed by atoms with Crippen LogP contribution in [-0.4, -0.2) is 44.8 Å². The van der Waals surface area contributed by atoms with E-state index in [1.807, 2.05) is 13.0 Å². The van der Waals surface area contributed by atoms with E-state index in [1.54, 1.807) is 0 Å². The second-order valence-corrected chi connectivity index (χ2v) is 5.75. The van der Waals surface area contributed by atoms with Crippen molar-refractivity contribution in [1.29, 1.82) is 0 Å². The number of morpholine rings is 1. The van der Waals surface area contributed by atoms with Gasteiger partial charge in [-0.3, -0.25) is 4.79 Å². The van der Waals surface area contributed by atoms with E-state index in [1.165, 1.54) is 18.5 Å². The summed E-state index contributed by atoms with van der Waals surface area (Å²) in [7, 11) is 0. The number of hydrogen-bond acceptors (Lipinski definition) is 4. The number of nitrogens with one attached hydrogen (secondary N) is 2. The number of carbonyl (C=O) groups excluding carboxylic acids is 1. The van der Waals surface area contributed by atoms with Gasteiger partial charge in [0.25, 0.3) is 5.91 Å². The highest BCUT2D eigenvalue weighted by Gasteiger charge is 2.22. The summed E-state index contributed by atoms with van der Waals surface area (Å²) in [6.07, 6.45) is 2.14. The molecule has 1 aromatic carbocycles. The minimum absolute atomic E-state index is 0.0702. The second kappa shape index (κ2) is 6.45. The number of carbonyl (C=O) groups is 1. The summed E-state index contributed by atoms with van der Waals surface area (Å²) >= 11 is 0. The van der Waals surface area contributed by atoms with Gasteiger partial charge in [0.1, 0.15) is 6.10 Å². The molecule has 2 saturated heterocycles. The molecule has 2 aliphatic rings. The predicted octanol–water partition coefficient (Wildman–Crippen LogP) is 1.52. The fraction of sp³-hybridized carbons (Fsp3) is 0.562. The van der Waals surface area contributed by atoms with E-state index in [2.05, 4.69) is 27.7 Å². The molecule has 0 spiro atoms. The average molecular weight is 289 g/mol. The summed E-state index contributed by atoms with van der Waals surface area (Å²) in [5.74, 6) is -0.0702. The highest BCUT2D eigenvalue weighted by molar-refractivity contribution is 5.95. The Labute approximate surface area is 125 Å². The molecule has 114 valence electrons. The van der Waals surface area contributed by atoms with E-state index < -0.39 is 6.10 Å². The van der Waals surface area contributed by atoms with Crippen molar-refractivity contribution in [1.82, 2.24) is 5.32 Å². The first-order valence-electron chi connectivity index (χ1n) is 7.73. The number of aryl methyl sites for hydroxylation is 1. The number of amides is 1. The van der Waals surface area contributed by atoms with Crippen LogP contribution in [0.5, 0.6) is 0 Å². The molecule has 3 rings (SSSR count). The van der Waals surface area contributed by atoms with E-state index in [0.29, 0.717) is 13.2 Å². The molecular weight excluding hydrogens is 266 g/mol. The molecule has 0 aromatic heterocycles. The standard InChI is InChI=1S/C16H23N3O2/c1-12-10-13(19-7-2-3-8-19)4-5-14(12)18-16(20)15-11-17-6-9-21-15/h4-5,10,15,17H,2-3,6-9,11H2,1H3,(H,18,20). The van der Waals surface area contributed by atoms with Crippen LogP contribution in [-0.2, 0) is 9.53 Å². The zero-order valence-electron chi connectivity index (χ0n) is 12.5. The lowest BCUT2D eigenvalue weighted by molar-refractivity contribution is -0.128. The van der Waals surface area contributed by atoms with Gasteiger partial charge in [-0.15, -0.1) is 0 Å². The third-order valence-electron chi connectivity index (χ3n) is 4.16. The van der Waals surface area contributed by atoms with Crippen LogP contribution in [0, 0.1) is 6.92 Å². The van der Waals surface area contributed by atoms with E-state index >= 15 is 0 Å². The van der Waals surface area contributed by atoms with Gasteiger partial charge in [-0.2, -0.15) is 0 Å². The quantitative estimate of drug-likeness (QED) is 0.886. The Hall–Kier alpha value is -1.59. The highest BCUT2D eigenvalue weighted by atomic mass is 16.5. The van der Waals surface area contributed by atoms with Gasteiger partial charge in [-0.05, 0) is 43.5 Å². The van der Waals surface area contributed by atoms with Crippen molar-refractivity contribution in [3.05, 3.63) is 23.8 Å². The molecule has 1 aromatic rings. The van der Waals surface area contributed by atoms with Gasteiger partial charge in [-0.25, -0.2) is 0 Å². The maximum absolute atomic E-state index is 12.2. The number of rotatable bonds is 3. The van der Waals surface area contributed by atoms with Crippen molar-refractivity contribution in [3.63, 3.8) is 0 Å². The molecule has 2 fully saturated rings. The van der Waals surface area contributed by atoms with Crippen molar-refractivity contribution in [2.75, 3.05) is 43.0 Å². The van der Waals surface area contributed by atoms with Crippen LogP contribution >= 0.6 is 0 Å². The number of hydrogen-bond donors (Lipinski definition) is 2. The summed E-state index contributed by atoms with van der Waals surface area (Å²) in [6, 6.07) is 6.24. The topological polar surface area (TPSA) is 53.6 Å². The molecule has 21 heavy (non-hydrogen) atoms. The van der Waals surface area contributed by atoms with E-state index in [4.69, 9.17) is 4.74 Å². The minimum Gasteiger partial charge on any atom is -0.372 e. The Kier molecular flexibility index (Phi) is 4.41. The summed E-state index contributed by atoms with van der Waals surface area (Å²) in [6.45, 7) is 6.28. The van der Waals surface area contributed by atoms with Crippen LogP contribution in [0.25, 0.3) is 0 Å². The number of benzene rings is 1. The predicted molar refractivity (Wildman–Crippen MR) is 83.9 cm³/mol. The number of anilines is 2. The second-order valence-electron chi connectivity index (χ2n) is 5.75. The summed E-state index contributed by atoms with van der Waals surface area (Å²) in [5.41, 5.74) is 3.22. The number of nitrogens with zero attached hydrogens (tertiary/aromatic N) is 1. The van der Waals surface area contributed by atoms with Crippen LogP contribution in [0.1, 0.15) is 18.4 Å². The molecule has 1 unspecified atom stereocenters. The van der Waals surface area contributed by atoms with Crippen molar-refractivity contribution in [2.24, 2.45) is 0 Å². The third kappa shape index (κ3) is 3.36. The Morgan fingerprint density at radius 2 is 2.19 bits per heavy atom. The average Bonchev–Trinajstić information content (AvgIpc) is 3.04. The molecule has 2 aliphatic heterocycles. The molecule has 1 amide bonds. The van der Waals surface area contributed by atoms with E-state index in [9.17, 15) is 4.79 Å². The van der Waals surface area contributed by atoms with Gasteiger partial charge in [0, 0.05) is 37.6 Å². The number of ether oxygens (including phenoxy) is 1. The molecule has 5 heteroatoms. The van der Waals surface area contributed by atoms with Gasteiger partial charge >= 0.3 is 0 Å². The lowest BCUT2D eigenvalue weighted by Gasteiger charge is -2.23. The molecule has 2 N–H and O–H groups in total. The van der Waals surface area contributed by atoms with Gasteiger partial charge in [0.15, 0.2) is 0 Å². The third-order valence-corrected chi connectivity index (χ3v) is 4.16. The lowest BCUT2D eigenvalue weighted by Crippen LogP contribution is -2.45. The van der Waals surface area contributed by atoms with Crippen molar-refractivity contribution < 1.29 is 9.53 Å².